The average molecular weight is 906 g/mol. The van der Waals surface area contributed by atoms with Crippen LogP contribution >= 0.6 is 7.82 Å². The van der Waals surface area contributed by atoms with Crippen molar-refractivity contribution in [2.45, 2.75) is 238 Å². The van der Waals surface area contributed by atoms with Gasteiger partial charge in [-0.2, -0.15) is 0 Å². The number of carbonyl (C=O) groups is 1. The number of phosphoric acid groups is 1. The summed E-state index contributed by atoms with van der Waals surface area (Å²) in [5.74, 6) is -0.149. The van der Waals surface area contributed by atoms with Crippen molar-refractivity contribution in [1.29, 1.82) is 0 Å². The highest BCUT2D eigenvalue weighted by molar-refractivity contribution is 7.47. The maximum Gasteiger partial charge on any atom is 0.472 e. The minimum atomic E-state index is -4.30. The molecule has 0 aromatic heterocycles. The monoisotopic (exact) mass is 906 g/mol. The number of nitrogens with zero attached hydrogens (tertiary/aromatic N) is 1. The van der Waals surface area contributed by atoms with E-state index in [2.05, 4.69) is 79.9 Å². The van der Waals surface area contributed by atoms with Gasteiger partial charge < -0.3 is 19.8 Å². The Morgan fingerprint density at radius 2 is 0.952 bits per heavy atom. The normalized spacial score (nSPS) is 14.6. The zero-order valence-electron chi connectivity index (χ0n) is 41.8. The minimum absolute atomic E-state index is 0.0738. The number of hydrogen-bond acceptors (Lipinski definition) is 5. The molecule has 0 aromatic rings. The highest BCUT2D eigenvalue weighted by atomic mass is 31.2. The van der Waals surface area contributed by atoms with Crippen LogP contribution in [0, 0.1) is 0 Å². The van der Waals surface area contributed by atoms with Gasteiger partial charge in [0.25, 0.3) is 0 Å². The van der Waals surface area contributed by atoms with Crippen LogP contribution in [0.3, 0.4) is 0 Å². The summed E-state index contributed by atoms with van der Waals surface area (Å²) >= 11 is 0. The standard InChI is InChI=1S/C54H101N2O6P/c1-6-8-10-12-14-15-16-17-18-19-20-21-22-23-24-25-26-27-28-29-30-31-32-33-34-35-36-37-38-39-40-41-42-44-46-48-54(58)55-52(53(57)47-45-43-13-11-9-7-2)51-62-63(59,60)61-50-49-56(3,4)5/h8,10,14-15,17-18,20-21,23-24,52-53,57H,6-7,9,11-13,16,19,22,25-51H2,1-5H3,(H-,55,58,59,60)/p+1/b10-8-,15-14-,18-17-,21-20-,24-23-. The molecule has 0 saturated heterocycles. The summed E-state index contributed by atoms with van der Waals surface area (Å²) in [6.45, 7) is 4.71. The van der Waals surface area contributed by atoms with Gasteiger partial charge in [0.1, 0.15) is 13.2 Å². The van der Waals surface area contributed by atoms with E-state index in [1.54, 1.807) is 0 Å². The van der Waals surface area contributed by atoms with Crippen LogP contribution in [0.25, 0.3) is 0 Å². The second kappa shape index (κ2) is 45.4. The van der Waals surface area contributed by atoms with E-state index in [1.165, 1.54) is 128 Å². The second-order valence-electron chi connectivity index (χ2n) is 18.9. The van der Waals surface area contributed by atoms with E-state index in [4.69, 9.17) is 9.05 Å². The number of allylic oxidation sites excluding steroid dienone is 10. The van der Waals surface area contributed by atoms with Gasteiger partial charge in [-0.15, -0.1) is 0 Å². The molecule has 0 radical (unpaired) electrons. The topological polar surface area (TPSA) is 105 Å². The molecule has 8 nitrogen and oxygen atoms in total. The van der Waals surface area contributed by atoms with Crippen LogP contribution in [0.15, 0.2) is 60.8 Å². The Balaban J connectivity index is 3.82. The lowest BCUT2D eigenvalue weighted by Crippen LogP contribution is -2.46. The molecular weight excluding hydrogens is 804 g/mol. The number of rotatable bonds is 47. The van der Waals surface area contributed by atoms with E-state index in [0.29, 0.717) is 23.9 Å². The Morgan fingerprint density at radius 1 is 0.556 bits per heavy atom. The van der Waals surface area contributed by atoms with Gasteiger partial charge in [-0.1, -0.05) is 222 Å². The van der Waals surface area contributed by atoms with Gasteiger partial charge in [0.15, 0.2) is 0 Å². The molecule has 368 valence electrons. The van der Waals surface area contributed by atoms with Crippen molar-refractivity contribution >= 4 is 13.7 Å². The predicted molar refractivity (Wildman–Crippen MR) is 272 cm³/mol. The lowest BCUT2D eigenvalue weighted by molar-refractivity contribution is -0.870. The summed E-state index contributed by atoms with van der Waals surface area (Å²) in [6.07, 6.45) is 60.3. The Kier molecular flexibility index (Phi) is 44.1. The smallest absolute Gasteiger partial charge is 0.391 e. The first-order chi connectivity index (χ1) is 30.5. The first kappa shape index (κ1) is 61.2. The van der Waals surface area contributed by atoms with Crippen molar-refractivity contribution in [1.82, 2.24) is 5.32 Å². The van der Waals surface area contributed by atoms with Crippen LogP contribution in [0.1, 0.15) is 226 Å². The molecule has 63 heavy (non-hydrogen) atoms. The Labute approximate surface area is 390 Å². The molecule has 3 N–H and O–H groups in total. The first-order valence-electron chi connectivity index (χ1n) is 26.2. The zero-order valence-corrected chi connectivity index (χ0v) is 42.7. The number of nitrogens with one attached hydrogen (secondary N) is 1. The molecule has 0 heterocycles. The summed E-state index contributed by atoms with van der Waals surface area (Å²) in [4.78, 5) is 23.1. The zero-order chi connectivity index (χ0) is 46.4. The lowest BCUT2D eigenvalue weighted by Gasteiger charge is -2.26. The van der Waals surface area contributed by atoms with Crippen molar-refractivity contribution in [3.05, 3.63) is 60.8 Å². The second-order valence-corrected chi connectivity index (χ2v) is 20.3. The van der Waals surface area contributed by atoms with E-state index >= 15 is 0 Å². The van der Waals surface area contributed by atoms with Gasteiger partial charge >= 0.3 is 7.82 Å². The van der Waals surface area contributed by atoms with Crippen molar-refractivity contribution in [3.63, 3.8) is 0 Å². The third kappa shape index (κ3) is 48.0. The number of amides is 1. The Morgan fingerprint density at radius 3 is 1.40 bits per heavy atom. The van der Waals surface area contributed by atoms with E-state index in [1.807, 2.05) is 21.1 Å². The number of carbonyl (C=O) groups excluding carboxylic acids is 1. The van der Waals surface area contributed by atoms with Crippen molar-refractivity contribution in [2.24, 2.45) is 0 Å². The van der Waals surface area contributed by atoms with Crippen LogP contribution in [0.5, 0.6) is 0 Å². The fourth-order valence-corrected chi connectivity index (χ4v) is 8.16. The first-order valence-corrected chi connectivity index (χ1v) is 27.6. The molecular formula is C54H102N2O6P+. The fourth-order valence-electron chi connectivity index (χ4n) is 7.43. The maximum absolute atomic E-state index is 12.8. The minimum Gasteiger partial charge on any atom is -0.391 e. The summed E-state index contributed by atoms with van der Waals surface area (Å²) in [5.41, 5.74) is 0. The number of aliphatic hydroxyl groups excluding tert-OH is 1. The molecule has 0 aliphatic heterocycles. The van der Waals surface area contributed by atoms with Crippen LogP contribution < -0.4 is 5.32 Å². The number of hydrogen-bond donors (Lipinski definition) is 3. The molecule has 0 aliphatic carbocycles. The number of likely N-dealkylation sites (N-methyl/N-ethyl adjacent to an activating group) is 1. The summed E-state index contributed by atoms with van der Waals surface area (Å²) in [7, 11) is 1.61. The van der Waals surface area contributed by atoms with Gasteiger partial charge in [-0.05, 0) is 57.8 Å². The van der Waals surface area contributed by atoms with Crippen molar-refractivity contribution in [3.8, 4) is 0 Å². The van der Waals surface area contributed by atoms with Crippen LogP contribution in [0.2, 0.25) is 0 Å². The Bertz CT molecular complexity index is 1210. The third-order valence-corrected chi connectivity index (χ3v) is 12.5. The van der Waals surface area contributed by atoms with Crippen LogP contribution in [0.4, 0.5) is 0 Å². The van der Waals surface area contributed by atoms with E-state index in [0.717, 1.165) is 70.6 Å². The highest BCUT2D eigenvalue weighted by Gasteiger charge is 2.28. The largest absolute Gasteiger partial charge is 0.472 e. The molecule has 0 saturated carbocycles. The average Bonchev–Trinajstić information content (AvgIpc) is 3.24. The van der Waals surface area contributed by atoms with Crippen LogP contribution in [-0.2, 0) is 18.4 Å². The molecule has 0 bridgehead atoms. The number of quaternary nitrogens is 1. The van der Waals surface area contributed by atoms with Gasteiger partial charge in [-0.25, -0.2) is 4.57 Å². The Hall–Kier alpha value is -1.80. The van der Waals surface area contributed by atoms with Gasteiger partial charge in [0.05, 0.1) is 39.9 Å². The molecule has 3 unspecified atom stereocenters. The van der Waals surface area contributed by atoms with Crippen molar-refractivity contribution in [2.75, 3.05) is 40.9 Å². The molecule has 0 aromatic carbocycles. The molecule has 0 spiro atoms. The highest BCUT2D eigenvalue weighted by Crippen LogP contribution is 2.43. The number of aliphatic hydroxyl groups is 1. The van der Waals surface area contributed by atoms with Gasteiger partial charge in [0, 0.05) is 6.42 Å². The molecule has 0 aliphatic rings. The quantitative estimate of drug-likeness (QED) is 0.0243. The van der Waals surface area contributed by atoms with Gasteiger partial charge in [-0.3, -0.25) is 13.8 Å². The molecule has 9 heteroatoms. The van der Waals surface area contributed by atoms with E-state index in [-0.39, 0.29) is 19.1 Å². The molecule has 0 rings (SSSR count). The molecule has 1 amide bonds. The predicted octanol–water partition coefficient (Wildman–Crippen LogP) is 15.4. The molecule has 3 atom stereocenters. The lowest BCUT2D eigenvalue weighted by atomic mass is 10.0. The van der Waals surface area contributed by atoms with E-state index < -0.39 is 20.0 Å². The summed E-state index contributed by atoms with van der Waals surface area (Å²) < 4.78 is 23.5. The summed E-state index contributed by atoms with van der Waals surface area (Å²) in [5, 5.41) is 13.8. The SMILES string of the molecule is CC/C=C\C/C=C\C/C=C\C/C=C\C/C=C\CCCCCCCCCCCCCCCCCCCCCC(=O)NC(COP(=O)(O)OCC[N+](C)(C)C)C(O)CCCCCCCC. The van der Waals surface area contributed by atoms with Gasteiger partial charge in [0.2, 0.25) is 5.91 Å². The number of unbranched alkanes of at least 4 members (excludes halogenated alkanes) is 24. The van der Waals surface area contributed by atoms with Crippen molar-refractivity contribution < 1.29 is 32.9 Å². The fraction of sp³-hybridized carbons (Fsp3) is 0.796. The maximum atomic E-state index is 12.8. The summed E-state index contributed by atoms with van der Waals surface area (Å²) in [6, 6.07) is -0.757. The number of phosphoric ester groups is 1. The van der Waals surface area contributed by atoms with E-state index in [9.17, 15) is 19.4 Å². The third-order valence-electron chi connectivity index (χ3n) is 11.5. The molecule has 0 fully saturated rings. The van der Waals surface area contributed by atoms with Crippen LogP contribution in [-0.4, -0.2) is 73.4 Å².